The summed E-state index contributed by atoms with van der Waals surface area (Å²) in [4.78, 5) is 2.76. The standard InChI is InChI=1S/C14H26N2/c15-14(7-3-8-14)9-11-16-10-6-12-4-1-2-5-13(12)16/h12-13H,1-11,15H2. The van der Waals surface area contributed by atoms with Crippen LogP contribution in [0.4, 0.5) is 0 Å². The van der Waals surface area contributed by atoms with Crippen molar-refractivity contribution in [1.29, 1.82) is 0 Å². The Morgan fingerprint density at radius 2 is 1.88 bits per heavy atom. The second-order valence-corrected chi connectivity index (χ2v) is 6.40. The Labute approximate surface area is 99.6 Å². The van der Waals surface area contributed by atoms with Gasteiger partial charge in [0.1, 0.15) is 0 Å². The van der Waals surface area contributed by atoms with Gasteiger partial charge >= 0.3 is 0 Å². The Morgan fingerprint density at radius 1 is 1.06 bits per heavy atom. The van der Waals surface area contributed by atoms with Crippen LogP contribution < -0.4 is 5.73 Å². The van der Waals surface area contributed by atoms with Crippen molar-refractivity contribution >= 4 is 0 Å². The first kappa shape index (κ1) is 11.0. The summed E-state index contributed by atoms with van der Waals surface area (Å²) in [6.45, 7) is 2.63. The van der Waals surface area contributed by atoms with Crippen LogP contribution >= 0.6 is 0 Å². The lowest BCUT2D eigenvalue weighted by molar-refractivity contribution is 0.144. The quantitative estimate of drug-likeness (QED) is 0.795. The first-order valence-electron chi connectivity index (χ1n) is 7.30. The minimum Gasteiger partial charge on any atom is -0.325 e. The summed E-state index contributed by atoms with van der Waals surface area (Å²) < 4.78 is 0. The van der Waals surface area contributed by atoms with Crippen LogP contribution in [-0.2, 0) is 0 Å². The summed E-state index contributed by atoms with van der Waals surface area (Å²) in [5.74, 6) is 1.03. The predicted octanol–water partition coefficient (Wildman–Crippen LogP) is 2.52. The summed E-state index contributed by atoms with van der Waals surface area (Å²) in [5, 5.41) is 0. The molecular weight excluding hydrogens is 196 g/mol. The highest BCUT2D eigenvalue weighted by Crippen LogP contribution is 2.38. The van der Waals surface area contributed by atoms with Gasteiger partial charge in [-0.1, -0.05) is 12.8 Å². The molecule has 1 heterocycles. The lowest BCUT2D eigenvalue weighted by atomic mass is 9.75. The maximum absolute atomic E-state index is 6.32. The number of rotatable bonds is 3. The molecule has 92 valence electrons. The van der Waals surface area contributed by atoms with Gasteiger partial charge in [0.15, 0.2) is 0 Å². The maximum atomic E-state index is 6.32. The van der Waals surface area contributed by atoms with Gasteiger partial charge in [0, 0.05) is 18.1 Å². The zero-order valence-corrected chi connectivity index (χ0v) is 10.5. The second kappa shape index (κ2) is 4.30. The van der Waals surface area contributed by atoms with Crippen LogP contribution in [0.25, 0.3) is 0 Å². The number of likely N-dealkylation sites (tertiary alicyclic amines) is 1. The Balaban J connectivity index is 1.51. The molecule has 2 atom stereocenters. The highest BCUT2D eigenvalue weighted by molar-refractivity contribution is 4.95. The number of nitrogens with two attached hydrogens (primary N) is 1. The van der Waals surface area contributed by atoms with Gasteiger partial charge in [-0.05, 0) is 57.4 Å². The molecule has 0 amide bonds. The molecule has 2 heteroatoms. The molecule has 0 aromatic rings. The molecule has 0 aromatic heterocycles. The Bertz CT molecular complexity index is 247. The van der Waals surface area contributed by atoms with Gasteiger partial charge in [-0.15, -0.1) is 0 Å². The lowest BCUT2D eigenvalue weighted by Gasteiger charge is -2.40. The van der Waals surface area contributed by atoms with Crippen molar-refractivity contribution in [3.8, 4) is 0 Å². The van der Waals surface area contributed by atoms with Crippen molar-refractivity contribution in [1.82, 2.24) is 4.90 Å². The smallest absolute Gasteiger partial charge is 0.0166 e. The van der Waals surface area contributed by atoms with Crippen molar-refractivity contribution < 1.29 is 0 Å². The fourth-order valence-corrected chi connectivity index (χ4v) is 4.03. The fourth-order valence-electron chi connectivity index (χ4n) is 4.03. The van der Waals surface area contributed by atoms with Crippen molar-refractivity contribution in [2.24, 2.45) is 11.7 Å². The average Bonchev–Trinajstić information content (AvgIpc) is 2.67. The van der Waals surface area contributed by atoms with Gasteiger partial charge in [0.25, 0.3) is 0 Å². The molecule has 3 rings (SSSR count). The van der Waals surface area contributed by atoms with Crippen LogP contribution in [0.15, 0.2) is 0 Å². The molecule has 0 spiro atoms. The third-order valence-electron chi connectivity index (χ3n) is 5.37. The largest absolute Gasteiger partial charge is 0.325 e. The lowest BCUT2D eigenvalue weighted by Crippen LogP contribution is -2.49. The van der Waals surface area contributed by atoms with E-state index in [1.54, 1.807) is 0 Å². The van der Waals surface area contributed by atoms with Crippen molar-refractivity contribution in [3.05, 3.63) is 0 Å². The van der Waals surface area contributed by atoms with E-state index < -0.39 is 0 Å². The van der Waals surface area contributed by atoms with Crippen LogP contribution in [-0.4, -0.2) is 29.6 Å². The van der Waals surface area contributed by atoms with E-state index in [1.165, 1.54) is 70.9 Å². The first-order chi connectivity index (χ1) is 7.77. The predicted molar refractivity (Wildman–Crippen MR) is 67.3 cm³/mol. The van der Waals surface area contributed by atoms with Crippen LogP contribution in [0, 0.1) is 5.92 Å². The van der Waals surface area contributed by atoms with Crippen LogP contribution in [0.2, 0.25) is 0 Å². The molecule has 16 heavy (non-hydrogen) atoms. The third-order valence-corrected chi connectivity index (χ3v) is 5.37. The summed E-state index contributed by atoms with van der Waals surface area (Å²) in [6.07, 6.45) is 12.5. The summed E-state index contributed by atoms with van der Waals surface area (Å²) in [7, 11) is 0. The summed E-state index contributed by atoms with van der Waals surface area (Å²) in [5.41, 5.74) is 6.55. The van der Waals surface area contributed by atoms with Crippen molar-refractivity contribution in [2.75, 3.05) is 13.1 Å². The maximum Gasteiger partial charge on any atom is 0.0166 e. The zero-order valence-electron chi connectivity index (χ0n) is 10.5. The molecule has 0 bridgehead atoms. The zero-order chi connectivity index (χ0) is 11.0. The number of fused-ring (bicyclic) bond motifs is 1. The number of hydrogen-bond donors (Lipinski definition) is 1. The van der Waals surface area contributed by atoms with Gasteiger partial charge in [0.2, 0.25) is 0 Å². The molecule has 3 aliphatic rings. The van der Waals surface area contributed by atoms with E-state index in [0.717, 1.165) is 12.0 Å². The summed E-state index contributed by atoms with van der Waals surface area (Å²) >= 11 is 0. The van der Waals surface area contributed by atoms with E-state index in [0.29, 0.717) is 0 Å². The van der Waals surface area contributed by atoms with Gasteiger partial charge < -0.3 is 10.6 Å². The topological polar surface area (TPSA) is 29.3 Å². The number of nitrogens with zero attached hydrogens (tertiary/aromatic N) is 1. The SMILES string of the molecule is NC1(CCN2CCC3CCCCC32)CCC1. The van der Waals surface area contributed by atoms with Gasteiger partial charge in [-0.2, -0.15) is 0 Å². The van der Waals surface area contributed by atoms with Crippen molar-refractivity contribution in [2.45, 2.75) is 69.4 Å². The second-order valence-electron chi connectivity index (χ2n) is 6.40. The minimum absolute atomic E-state index is 0.229. The molecule has 1 aliphatic heterocycles. The van der Waals surface area contributed by atoms with E-state index in [2.05, 4.69) is 4.90 Å². The van der Waals surface area contributed by atoms with E-state index in [-0.39, 0.29) is 5.54 Å². The molecule has 0 radical (unpaired) electrons. The monoisotopic (exact) mass is 222 g/mol. The van der Waals surface area contributed by atoms with E-state index in [1.807, 2.05) is 0 Å². The van der Waals surface area contributed by atoms with Crippen LogP contribution in [0.1, 0.15) is 57.8 Å². The Kier molecular flexibility index (Phi) is 2.97. The molecule has 3 fully saturated rings. The molecule has 2 nitrogen and oxygen atoms in total. The van der Waals surface area contributed by atoms with E-state index >= 15 is 0 Å². The molecule has 2 unspecified atom stereocenters. The molecular formula is C14H26N2. The van der Waals surface area contributed by atoms with Crippen LogP contribution in [0.3, 0.4) is 0 Å². The average molecular weight is 222 g/mol. The first-order valence-corrected chi connectivity index (χ1v) is 7.30. The molecule has 2 saturated carbocycles. The molecule has 2 aliphatic carbocycles. The van der Waals surface area contributed by atoms with Gasteiger partial charge in [-0.25, -0.2) is 0 Å². The van der Waals surface area contributed by atoms with E-state index in [9.17, 15) is 0 Å². The third kappa shape index (κ3) is 2.02. The van der Waals surface area contributed by atoms with Crippen molar-refractivity contribution in [3.63, 3.8) is 0 Å². The molecule has 2 N–H and O–H groups in total. The van der Waals surface area contributed by atoms with Crippen LogP contribution in [0.5, 0.6) is 0 Å². The Hall–Kier alpha value is -0.0800. The fraction of sp³-hybridized carbons (Fsp3) is 1.00. The van der Waals surface area contributed by atoms with Gasteiger partial charge in [-0.3, -0.25) is 0 Å². The minimum atomic E-state index is 0.229. The normalized spacial score (nSPS) is 38.1. The Morgan fingerprint density at radius 3 is 2.62 bits per heavy atom. The molecule has 0 aromatic carbocycles. The highest BCUT2D eigenvalue weighted by atomic mass is 15.2. The van der Waals surface area contributed by atoms with Gasteiger partial charge in [0.05, 0.1) is 0 Å². The highest BCUT2D eigenvalue weighted by Gasteiger charge is 2.38. The van der Waals surface area contributed by atoms with E-state index in [4.69, 9.17) is 5.73 Å². The molecule has 1 saturated heterocycles. The number of hydrogen-bond acceptors (Lipinski definition) is 2. The summed E-state index contributed by atoms with van der Waals surface area (Å²) in [6, 6.07) is 0.928.